The number of piperidine rings is 1. The Kier molecular flexibility index (Phi) is 5.62. The van der Waals surface area contributed by atoms with Crippen LogP contribution in [0.15, 0.2) is 0 Å². The van der Waals surface area contributed by atoms with E-state index >= 15 is 0 Å². The molecule has 0 spiro atoms. The highest BCUT2D eigenvalue weighted by molar-refractivity contribution is 4.70. The van der Waals surface area contributed by atoms with Crippen molar-refractivity contribution in [3.8, 4) is 0 Å². The van der Waals surface area contributed by atoms with Gasteiger partial charge in [-0.2, -0.15) is 0 Å². The first-order valence-electron chi connectivity index (χ1n) is 6.48. The minimum atomic E-state index is 0.697. The number of nitrogens with zero attached hydrogens (tertiary/aromatic N) is 2. The summed E-state index contributed by atoms with van der Waals surface area (Å²) in [6.07, 6.45) is 5.65. The second-order valence-electron chi connectivity index (χ2n) is 5.46. The third-order valence-corrected chi connectivity index (χ3v) is 3.84. The van der Waals surface area contributed by atoms with E-state index in [9.17, 15) is 0 Å². The maximum absolute atomic E-state index is 2.46. The average molecular weight is 212 g/mol. The van der Waals surface area contributed by atoms with Crippen LogP contribution in [-0.4, -0.2) is 49.6 Å². The Morgan fingerprint density at radius 2 is 1.87 bits per heavy atom. The van der Waals surface area contributed by atoms with Gasteiger partial charge in [-0.25, -0.2) is 0 Å². The summed E-state index contributed by atoms with van der Waals surface area (Å²) in [4.78, 5) is 4.91. The molecule has 0 radical (unpaired) electrons. The molecule has 1 fully saturated rings. The molecule has 0 aromatic rings. The first kappa shape index (κ1) is 13.0. The number of hydrogen-bond donors (Lipinski definition) is 0. The van der Waals surface area contributed by atoms with Gasteiger partial charge < -0.3 is 9.80 Å². The van der Waals surface area contributed by atoms with E-state index in [1.54, 1.807) is 0 Å². The predicted molar refractivity (Wildman–Crippen MR) is 67.2 cm³/mol. The summed E-state index contributed by atoms with van der Waals surface area (Å²) >= 11 is 0. The van der Waals surface area contributed by atoms with E-state index in [2.05, 4.69) is 37.7 Å². The van der Waals surface area contributed by atoms with Gasteiger partial charge in [0.1, 0.15) is 0 Å². The second-order valence-corrected chi connectivity index (χ2v) is 5.46. The number of rotatable bonds is 5. The van der Waals surface area contributed by atoms with E-state index < -0.39 is 0 Å². The average Bonchev–Trinajstić information content (AvgIpc) is 2.20. The Morgan fingerprint density at radius 1 is 1.27 bits per heavy atom. The van der Waals surface area contributed by atoms with E-state index in [1.165, 1.54) is 45.3 Å². The summed E-state index contributed by atoms with van der Waals surface area (Å²) in [5.41, 5.74) is 0. The van der Waals surface area contributed by atoms with Gasteiger partial charge in [0.15, 0.2) is 0 Å². The van der Waals surface area contributed by atoms with Crippen LogP contribution >= 0.6 is 0 Å². The Morgan fingerprint density at radius 3 is 2.40 bits per heavy atom. The molecule has 1 heterocycles. The minimum Gasteiger partial charge on any atom is -0.306 e. The van der Waals surface area contributed by atoms with Gasteiger partial charge >= 0.3 is 0 Å². The van der Waals surface area contributed by atoms with Crippen LogP contribution in [0.2, 0.25) is 0 Å². The highest BCUT2D eigenvalue weighted by atomic mass is 15.1. The van der Waals surface area contributed by atoms with E-state index in [0.29, 0.717) is 6.04 Å². The van der Waals surface area contributed by atoms with Crippen molar-refractivity contribution in [3.63, 3.8) is 0 Å². The molecule has 1 saturated heterocycles. The molecule has 0 bridgehead atoms. The second kappa shape index (κ2) is 6.49. The zero-order valence-corrected chi connectivity index (χ0v) is 11.0. The van der Waals surface area contributed by atoms with Gasteiger partial charge in [-0.3, -0.25) is 0 Å². The highest BCUT2D eigenvalue weighted by Gasteiger charge is 2.16. The summed E-state index contributed by atoms with van der Waals surface area (Å²) < 4.78 is 0. The summed E-state index contributed by atoms with van der Waals surface area (Å²) in [5.74, 6) is 1.00. The molecule has 1 aliphatic heterocycles. The summed E-state index contributed by atoms with van der Waals surface area (Å²) in [6.45, 7) is 8.44. The largest absolute Gasteiger partial charge is 0.306 e. The molecule has 2 heteroatoms. The summed E-state index contributed by atoms with van der Waals surface area (Å²) in [7, 11) is 4.47. The van der Waals surface area contributed by atoms with Gasteiger partial charge in [0, 0.05) is 6.04 Å². The van der Waals surface area contributed by atoms with Crippen molar-refractivity contribution in [2.24, 2.45) is 5.92 Å². The molecule has 90 valence electrons. The fourth-order valence-corrected chi connectivity index (χ4v) is 2.24. The highest BCUT2D eigenvalue weighted by Crippen LogP contribution is 2.20. The van der Waals surface area contributed by atoms with Gasteiger partial charge in [0.05, 0.1) is 0 Å². The lowest BCUT2D eigenvalue weighted by molar-refractivity contribution is 0.199. The van der Waals surface area contributed by atoms with Gasteiger partial charge in [0.25, 0.3) is 0 Å². The van der Waals surface area contributed by atoms with Crippen molar-refractivity contribution in [1.29, 1.82) is 0 Å². The molecule has 0 atom stereocenters. The molecule has 15 heavy (non-hydrogen) atoms. The molecule has 0 aromatic carbocycles. The molecule has 0 saturated carbocycles. The Balaban J connectivity index is 2.05. The lowest BCUT2D eigenvalue weighted by atomic mass is 9.92. The summed E-state index contributed by atoms with van der Waals surface area (Å²) in [5, 5.41) is 0. The smallest absolute Gasteiger partial charge is 0.00355 e. The third-order valence-electron chi connectivity index (χ3n) is 3.84. The maximum Gasteiger partial charge on any atom is 0.00355 e. The zero-order valence-electron chi connectivity index (χ0n) is 11.0. The normalized spacial score (nSPS) is 20.4. The fourth-order valence-electron chi connectivity index (χ4n) is 2.24. The van der Waals surface area contributed by atoms with Gasteiger partial charge in [-0.1, -0.05) is 0 Å². The van der Waals surface area contributed by atoms with E-state index in [-0.39, 0.29) is 0 Å². The van der Waals surface area contributed by atoms with Gasteiger partial charge in [-0.15, -0.1) is 0 Å². The molecule has 0 aromatic heterocycles. The molecular weight excluding hydrogens is 184 g/mol. The first-order chi connectivity index (χ1) is 7.09. The molecule has 1 aliphatic rings. The van der Waals surface area contributed by atoms with E-state index in [4.69, 9.17) is 0 Å². The van der Waals surface area contributed by atoms with Crippen molar-refractivity contribution in [2.75, 3.05) is 33.7 Å². The fraction of sp³-hybridized carbons (Fsp3) is 1.00. The molecule has 2 nitrogen and oxygen atoms in total. The van der Waals surface area contributed by atoms with Crippen LogP contribution in [0.3, 0.4) is 0 Å². The SMILES string of the molecule is CC(C)N(C)CCCC1CCN(C)CC1. The van der Waals surface area contributed by atoms with Crippen molar-refractivity contribution >= 4 is 0 Å². The molecule has 0 aliphatic carbocycles. The lowest BCUT2D eigenvalue weighted by Crippen LogP contribution is -2.31. The Bertz CT molecular complexity index is 160. The topological polar surface area (TPSA) is 6.48 Å². The van der Waals surface area contributed by atoms with Gasteiger partial charge in [0.2, 0.25) is 0 Å². The van der Waals surface area contributed by atoms with Crippen LogP contribution in [0, 0.1) is 5.92 Å². The monoisotopic (exact) mass is 212 g/mol. The molecule has 0 unspecified atom stereocenters. The van der Waals surface area contributed by atoms with Crippen molar-refractivity contribution in [3.05, 3.63) is 0 Å². The molecule has 0 N–H and O–H groups in total. The zero-order chi connectivity index (χ0) is 11.3. The van der Waals surface area contributed by atoms with Crippen LogP contribution in [0.4, 0.5) is 0 Å². The van der Waals surface area contributed by atoms with Crippen LogP contribution in [0.5, 0.6) is 0 Å². The van der Waals surface area contributed by atoms with Crippen LogP contribution in [0.25, 0.3) is 0 Å². The van der Waals surface area contributed by atoms with E-state index in [0.717, 1.165) is 5.92 Å². The van der Waals surface area contributed by atoms with Gasteiger partial charge in [-0.05, 0) is 79.2 Å². The first-order valence-corrected chi connectivity index (χ1v) is 6.48. The molecular formula is C13H28N2. The Labute approximate surface area is 95.6 Å². The maximum atomic E-state index is 2.46. The van der Waals surface area contributed by atoms with Crippen molar-refractivity contribution in [1.82, 2.24) is 9.80 Å². The van der Waals surface area contributed by atoms with Crippen LogP contribution < -0.4 is 0 Å². The van der Waals surface area contributed by atoms with Crippen molar-refractivity contribution in [2.45, 2.75) is 45.6 Å². The quantitative estimate of drug-likeness (QED) is 0.691. The predicted octanol–water partition coefficient (Wildman–Crippen LogP) is 2.45. The Hall–Kier alpha value is -0.0800. The number of hydrogen-bond acceptors (Lipinski definition) is 2. The van der Waals surface area contributed by atoms with Crippen LogP contribution in [0.1, 0.15) is 39.5 Å². The minimum absolute atomic E-state index is 0.697. The van der Waals surface area contributed by atoms with Crippen molar-refractivity contribution < 1.29 is 0 Å². The lowest BCUT2D eigenvalue weighted by Gasteiger charge is -2.29. The standard InChI is InChI=1S/C13H28N2/c1-12(2)15(4)9-5-6-13-7-10-14(3)11-8-13/h12-13H,5-11H2,1-4H3. The number of likely N-dealkylation sites (tertiary alicyclic amines) is 1. The summed E-state index contributed by atoms with van der Waals surface area (Å²) in [6, 6.07) is 0.697. The van der Waals surface area contributed by atoms with Crippen LogP contribution in [-0.2, 0) is 0 Å². The molecule has 1 rings (SSSR count). The molecule has 0 amide bonds. The van der Waals surface area contributed by atoms with E-state index in [1.807, 2.05) is 0 Å². The third kappa shape index (κ3) is 4.98.